The molecule has 1 aromatic heterocycles. The first-order valence-corrected chi connectivity index (χ1v) is 11.1. The molecule has 0 saturated carbocycles. The number of benzene rings is 3. The Balaban J connectivity index is 0.00000216. The predicted octanol–water partition coefficient (Wildman–Crippen LogP) is 4.53. The van der Waals surface area contributed by atoms with Crippen molar-refractivity contribution in [3.63, 3.8) is 0 Å². The van der Waals surface area contributed by atoms with Crippen LogP contribution in [0.15, 0.2) is 72.8 Å². The zero-order valence-corrected chi connectivity index (χ0v) is 20.8. The normalized spacial score (nSPS) is 11.4. The first-order valence-electron chi connectivity index (χ1n) is 11.1. The number of nitrogens with one attached hydrogen (secondary N) is 1. The number of hydrogen-bond donors (Lipinski definition) is 3. The minimum absolute atomic E-state index is 0. The number of halogens is 3. The molecule has 3 aromatic carbocycles. The van der Waals surface area contributed by atoms with Gasteiger partial charge in [0.15, 0.2) is 5.82 Å². The molecule has 0 aliphatic carbocycles. The monoisotopic (exact) mass is 517 g/mol. The van der Waals surface area contributed by atoms with Crippen LogP contribution in [-0.4, -0.2) is 34.6 Å². The van der Waals surface area contributed by atoms with Crippen molar-refractivity contribution >= 4 is 41.8 Å². The Morgan fingerprint density at radius 1 is 1.00 bits per heavy atom. The number of nitrogens with two attached hydrogens (primary N) is 2. The molecule has 4 rings (SSSR count). The maximum atomic E-state index is 13.3. The van der Waals surface area contributed by atoms with E-state index in [2.05, 4.69) is 10.3 Å². The molecule has 4 aromatic rings. The van der Waals surface area contributed by atoms with E-state index in [0.717, 1.165) is 35.0 Å². The Morgan fingerprint density at radius 3 is 2.37 bits per heavy atom. The lowest BCUT2D eigenvalue weighted by Gasteiger charge is -2.13. The maximum absolute atomic E-state index is 13.3. The number of fused-ring (bicyclic) bond motifs is 1. The fraction of sp³-hybridized carbons (Fsp3) is 0.231. The molecule has 0 spiro atoms. The summed E-state index contributed by atoms with van der Waals surface area (Å²) in [5.41, 5.74) is 16.0. The fourth-order valence-electron chi connectivity index (χ4n) is 3.84. The van der Waals surface area contributed by atoms with Crippen LogP contribution in [0.4, 0.5) is 4.39 Å². The van der Waals surface area contributed by atoms with E-state index in [1.807, 2.05) is 53.1 Å². The van der Waals surface area contributed by atoms with Crippen molar-refractivity contribution in [2.45, 2.75) is 25.4 Å². The molecule has 0 aliphatic heterocycles. The van der Waals surface area contributed by atoms with Gasteiger partial charge >= 0.3 is 0 Å². The van der Waals surface area contributed by atoms with Crippen molar-refractivity contribution in [2.24, 2.45) is 11.5 Å². The summed E-state index contributed by atoms with van der Waals surface area (Å²) in [5.74, 6) is -0.222. The van der Waals surface area contributed by atoms with Crippen LogP contribution in [0.2, 0.25) is 0 Å². The van der Waals surface area contributed by atoms with Crippen molar-refractivity contribution in [1.29, 1.82) is 0 Å². The van der Waals surface area contributed by atoms with E-state index in [9.17, 15) is 9.18 Å². The van der Waals surface area contributed by atoms with Crippen LogP contribution in [0, 0.1) is 5.82 Å². The summed E-state index contributed by atoms with van der Waals surface area (Å²) in [7, 11) is 0. The predicted molar refractivity (Wildman–Crippen MR) is 144 cm³/mol. The Morgan fingerprint density at radius 2 is 1.69 bits per heavy atom. The number of amides is 1. The van der Waals surface area contributed by atoms with Gasteiger partial charge in [-0.05, 0) is 60.3 Å². The summed E-state index contributed by atoms with van der Waals surface area (Å²) in [4.78, 5) is 17.7. The molecule has 186 valence electrons. The third-order valence-electron chi connectivity index (χ3n) is 5.62. The summed E-state index contributed by atoms with van der Waals surface area (Å²) >= 11 is 0. The average Bonchev–Trinajstić information content (AvgIpc) is 3.20. The van der Waals surface area contributed by atoms with E-state index in [4.69, 9.17) is 11.5 Å². The quantitative estimate of drug-likeness (QED) is 0.303. The molecule has 0 radical (unpaired) electrons. The van der Waals surface area contributed by atoms with Gasteiger partial charge in [0.05, 0.1) is 11.0 Å². The standard InChI is InChI=1S/C26H28FN5O.2ClH/c27-21-11-8-19(9-12-21)20-10-13-24-23(15-20)31-25(26(33)30-16-22(29)7-4-14-28)32(24)17-18-5-2-1-3-6-18;;/h1-3,5-6,8-13,15,22H,4,7,14,16-17,28-29H2,(H,30,33);2*1H. The molecule has 9 heteroatoms. The maximum Gasteiger partial charge on any atom is 0.287 e. The highest BCUT2D eigenvalue weighted by atomic mass is 35.5. The van der Waals surface area contributed by atoms with Crippen molar-refractivity contribution in [3.8, 4) is 11.1 Å². The summed E-state index contributed by atoms with van der Waals surface area (Å²) in [6.45, 7) is 1.44. The largest absolute Gasteiger partial charge is 0.348 e. The summed E-state index contributed by atoms with van der Waals surface area (Å²) in [6, 6.07) is 21.9. The third kappa shape index (κ3) is 7.02. The number of hydrogen-bond acceptors (Lipinski definition) is 4. The van der Waals surface area contributed by atoms with Gasteiger partial charge in [-0.2, -0.15) is 0 Å². The number of rotatable bonds is 9. The van der Waals surface area contributed by atoms with Crippen LogP contribution in [0.1, 0.15) is 29.0 Å². The second-order valence-corrected chi connectivity index (χ2v) is 8.12. The van der Waals surface area contributed by atoms with E-state index in [0.29, 0.717) is 31.0 Å². The SMILES string of the molecule is Cl.Cl.NCCCC(N)CNC(=O)c1nc2cc(-c3ccc(F)cc3)ccc2n1Cc1ccccc1. The van der Waals surface area contributed by atoms with Crippen LogP contribution >= 0.6 is 24.8 Å². The Labute approximate surface area is 216 Å². The zero-order chi connectivity index (χ0) is 23.2. The highest BCUT2D eigenvalue weighted by Gasteiger charge is 2.19. The van der Waals surface area contributed by atoms with E-state index in [1.165, 1.54) is 12.1 Å². The summed E-state index contributed by atoms with van der Waals surface area (Å²) in [6.07, 6.45) is 1.56. The van der Waals surface area contributed by atoms with Gasteiger partial charge in [0.25, 0.3) is 5.91 Å². The first kappa shape index (κ1) is 28.3. The molecule has 35 heavy (non-hydrogen) atoms. The van der Waals surface area contributed by atoms with Crippen molar-refractivity contribution in [3.05, 3.63) is 90.0 Å². The molecule has 5 N–H and O–H groups in total. The second-order valence-electron chi connectivity index (χ2n) is 8.12. The second kappa shape index (κ2) is 13.2. The average molecular weight is 518 g/mol. The number of carbonyl (C=O) groups excluding carboxylic acids is 1. The molecule has 6 nitrogen and oxygen atoms in total. The molecule has 1 amide bonds. The van der Waals surface area contributed by atoms with Gasteiger partial charge in [-0.25, -0.2) is 9.37 Å². The summed E-state index contributed by atoms with van der Waals surface area (Å²) in [5, 5.41) is 2.92. The topological polar surface area (TPSA) is 99.0 Å². The van der Waals surface area contributed by atoms with E-state index in [-0.39, 0.29) is 42.6 Å². The molecular formula is C26H30Cl2FN5O. The lowest BCUT2D eigenvalue weighted by Crippen LogP contribution is -2.38. The molecule has 0 bridgehead atoms. The molecule has 0 saturated heterocycles. The number of carbonyl (C=O) groups is 1. The van der Waals surface area contributed by atoms with Crippen molar-refractivity contribution in [2.75, 3.05) is 13.1 Å². The zero-order valence-electron chi connectivity index (χ0n) is 19.2. The Bertz CT molecular complexity index is 1230. The molecule has 1 atom stereocenters. The van der Waals surface area contributed by atoms with Crippen molar-refractivity contribution in [1.82, 2.24) is 14.9 Å². The Kier molecular flexibility index (Phi) is 10.7. The van der Waals surface area contributed by atoms with Gasteiger partial charge in [0.1, 0.15) is 5.82 Å². The summed E-state index contributed by atoms with van der Waals surface area (Å²) < 4.78 is 15.2. The van der Waals surface area contributed by atoms with E-state index < -0.39 is 0 Å². The molecule has 1 heterocycles. The number of imidazole rings is 1. The first-order chi connectivity index (χ1) is 16.0. The number of aromatic nitrogens is 2. The van der Waals surface area contributed by atoms with Gasteiger partial charge in [-0.15, -0.1) is 24.8 Å². The van der Waals surface area contributed by atoms with Gasteiger partial charge in [0.2, 0.25) is 0 Å². The highest BCUT2D eigenvalue weighted by molar-refractivity contribution is 5.95. The molecule has 1 unspecified atom stereocenters. The lowest BCUT2D eigenvalue weighted by molar-refractivity contribution is 0.0937. The minimum Gasteiger partial charge on any atom is -0.348 e. The van der Waals surface area contributed by atoms with E-state index in [1.54, 1.807) is 12.1 Å². The van der Waals surface area contributed by atoms with Crippen LogP contribution < -0.4 is 16.8 Å². The van der Waals surface area contributed by atoms with Gasteiger partial charge in [-0.3, -0.25) is 4.79 Å². The fourth-order valence-corrected chi connectivity index (χ4v) is 3.84. The molecular weight excluding hydrogens is 488 g/mol. The molecule has 0 fully saturated rings. The van der Waals surface area contributed by atoms with Crippen LogP contribution in [0.3, 0.4) is 0 Å². The highest BCUT2D eigenvalue weighted by Crippen LogP contribution is 2.26. The van der Waals surface area contributed by atoms with Crippen molar-refractivity contribution < 1.29 is 9.18 Å². The lowest BCUT2D eigenvalue weighted by atomic mass is 10.1. The van der Waals surface area contributed by atoms with Gasteiger partial charge in [-0.1, -0.05) is 48.5 Å². The number of nitrogens with zero attached hydrogens (tertiary/aromatic N) is 2. The molecule has 0 aliphatic rings. The third-order valence-corrected chi connectivity index (χ3v) is 5.62. The van der Waals surface area contributed by atoms with Crippen LogP contribution in [-0.2, 0) is 6.54 Å². The minimum atomic E-state index is -0.282. The Hall–Kier alpha value is -2.97. The van der Waals surface area contributed by atoms with Gasteiger partial charge < -0.3 is 21.4 Å². The smallest absolute Gasteiger partial charge is 0.287 e. The van der Waals surface area contributed by atoms with Gasteiger partial charge in [0, 0.05) is 19.1 Å². The van der Waals surface area contributed by atoms with Crippen LogP contribution in [0.25, 0.3) is 22.2 Å². The van der Waals surface area contributed by atoms with Crippen LogP contribution in [0.5, 0.6) is 0 Å². The van der Waals surface area contributed by atoms with E-state index >= 15 is 0 Å².